The fourth-order valence-corrected chi connectivity index (χ4v) is 4.48. The number of hydrogen-bond acceptors (Lipinski definition) is 3. The van der Waals surface area contributed by atoms with Crippen LogP contribution in [-0.2, 0) is 0 Å². The van der Waals surface area contributed by atoms with Gasteiger partial charge in [-0.05, 0) is 49.1 Å². The Kier molecular flexibility index (Phi) is 4.76. The van der Waals surface area contributed by atoms with Gasteiger partial charge in [-0.15, -0.1) is 11.3 Å². The van der Waals surface area contributed by atoms with Crippen molar-refractivity contribution in [3.63, 3.8) is 0 Å². The van der Waals surface area contributed by atoms with E-state index in [0.717, 1.165) is 18.3 Å². The molecule has 2 aromatic rings. The highest BCUT2D eigenvalue weighted by atomic mass is 32.1. The maximum atomic E-state index is 6.06. The second-order valence-electron chi connectivity index (χ2n) is 6.17. The van der Waals surface area contributed by atoms with Crippen LogP contribution in [0.3, 0.4) is 0 Å². The lowest BCUT2D eigenvalue weighted by atomic mass is 9.76. The van der Waals surface area contributed by atoms with Crippen LogP contribution in [0.4, 0.5) is 0 Å². The van der Waals surface area contributed by atoms with E-state index in [1.807, 2.05) is 6.20 Å². The highest BCUT2D eigenvalue weighted by Crippen LogP contribution is 2.40. The van der Waals surface area contributed by atoms with E-state index in [4.69, 9.17) is 5.73 Å². The SMILES string of the molecule is CCCC1CCC(CN)C(n2ccnc2-c2cccs2)C1. The van der Waals surface area contributed by atoms with Gasteiger partial charge in [0.25, 0.3) is 0 Å². The molecular weight excluding hydrogens is 278 g/mol. The molecule has 3 atom stereocenters. The van der Waals surface area contributed by atoms with Crippen molar-refractivity contribution in [2.24, 2.45) is 17.6 Å². The number of rotatable bonds is 5. The molecule has 1 aliphatic carbocycles. The molecule has 3 unspecified atom stereocenters. The first kappa shape index (κ1) is 14.8. The average molecular weight is 303 g/mol. The number of hydrogen-bond donors (Lipinski definition) is 1. The molecule has 0 radical (unpaired) electrons. The van der Waals surface area contributed by atoms with Gasteiger partial charge in [0.2, 0.25) is 0 Å². The third-order valence-electron chi connectivity index (χ3n) is 4.83. The summed E-state index contributed by atoms with van der Waals surface area (Å²) in [5, 5.41) is 2.12. The lowest BCUT2D eigenvalue weighted by Gasteiger charge is -2.37. The summed E-state index contributed by atoms with van der Waals surface area (Å²) in [4.78, 5) is 5.86. The van der Waals surface area contributed by atoms with E-state index < -0.39 is 0 Å². The molecule has 2 heterocycles. The molecule has 1 aliphatic rings. The van der Waals surface area contributed by atoms with E-state index in [0.29, 0.717) is 12.0 Å². The van der Waals surface area contributed by atoms with Gasteiger partial charge in [-0.3, -0.25) is 0 Å². The van der Waals surface area contributed by atoms with Gasteiger partial charge >= 0.3 is 0 Å². The summed E-state index contributed by atoms with van der Waals surface area (Å²) in [6.45, 7) is 3.07. The minimum atomic E-state index is 0.514. The summed E-state index contributed by atoms with van der Waals surface area (Å²) in [5.41, 5.74) is 6.06. The number of aromatic nitrogens is 2. The molecule has 2 aromatic heterocycles. The molecule has 2 N–H and O–H groups in total. The lowest BCUT2D eigenvalue weighted by Crippen LogP contribution is -2.32. The first-order chi connectivity index (χ1) is 10.3. The van der Waals surface area contributed by atoms with Crippen LogP contribution in [0.5, 0.6) is 0 Å². The van der Waals surface area contributed by atoms with Crippen molar-refractivity contribution in [2.45, 2.75) is 45.1 Å². The molecule has 4 heteroatoms. The van der Waals surface area contributed by atoms with E-state index in [-0.39, 0.29) is 0 Å². The summed E-state index contributed by atoms with van der Waals surface area (Å²) >= 11 is 1.76. The van der Waals surface area contributed by atoms with Gasteiger partial charge < -0.3 is 10.3 Å². The van der Waals surface area contributed by atoms with Gasteiger partial charge in [0.1, 0.15) is 5.82 Å². The van der Waals surface area contributed by atoms with Gasteiger partial charge in [-0.2, -0.15) is 0 Å². The lowest BCUT2D eigenvalue weighted by molar-refractivity contribution is 0.181. The van der Waals surface area contributed by atoms with E-state index >= 15 is 0 Å². The van der Waals surface area contributed by atoms with Crippen molar-refractivity contribution in [1.82, 2.24) is 9.55 Å². The van der Waals surface area contributed by atoms with Crippen molar-refractivity contribution >= 4 is 11.3 Å². The van der Waals surface area contributed by atoms with Crippen LogP contribution in [0.2, 0.25) is 0 Å². The van der Waals surface area contributed by atoms with Gasteiger partial charge in [0.05, 0.1) is 4.88 Å². The second kappa shape index (κ2) is 6.75. The largest absolute Gasteiger partial charge is 0.330 e. The number of thiophene rings is 1. The molecule has 3 rings (SSSR count). The van der Waals surface area contributed by atoms with Crippen LogP contribution in [0.15, 0.2) is 29.9 Å². The summed E-state index contributed by atoms with van der Waals surface area (Å²) in [6.07, 6.45) is 10.6. The Morgan fingerprint density at radius 1 is 1.43 bits per heavy atom. The predicted octanol–water partition coefficient (Wildman–Crippen LogP) is 4.33. The molecule has 1 fully saturated rings. The van der Waals surface area contributed by atoms with E-state index in [9.17, 15) is 0 Å². The van der Waals surface area contributed by atoms with E-state index in [1.54, 1.807) is 11.3 Å². The molecule has 3 nitrogen and oxygen atoms in total. The summed E-state index contributed by atoms with van der Waals surface area (Å²) in [5.74, 6) is 2.55. The first-order valence-corrected chi connectivity index (χ1v) is 8.98. The zero-order valence-corrected chi connectivity index (χ0v) is 13.6. The molecular formula is C17H25N3S. The summed E-state index contributed by atoms with van der Waals surface area (Å²) < 4.78 is 2.39. The fourth-order valence-electron chi connectivity index (χ4n) is 3.76. The van der Waals surface area contributed by atoms with Crippen LogP contribution < -0.4 is 5.73 Å². The van der Waals surface area contributed by atoms with E-state index in [2.05, 4.69) is 40.2 Å². The maximum absolute atomic E-state index is 6.06. The predicted molar refractivity (Wildman–Crippen MR) is 89.4 cm³/mol. The normalized spacial score (nSPS) is 26.1. The molecule has 0 aromatic carbocycles. The van der Waals surface area contributed by atoms with Crippen LogP contribution in [-0.4, -0.2) is 16.1 Å². The third kappa shape index (κ3) is 3.06. The molecule has 0 bridgehead atoms. The van der Waals surface area contributed by atoms with Gasteiger partial charge in [-0.25, -0.2) is 4.98 Å². The van der Waals surface area contributed by atoms with Crippen molar-refractivity contribution in [3.05, 3.63) is 29.9 Å². The van der Waals surface area contributed by atoms with Crippen LogP contribution in [0.1, 0.15) is 45.1 Å². The Hall–Kier alpha value is -1.13. The Bertz CT molecular complexity index is 546. The molecule has 0 amide bonds. The van der Waals surface area contributed by atoms with Crippen molar-refractivity contribution in [3.8, 4) is 10.7 Å². The maximum Gasteiger partial charge on any atom is 0.150 e. The van der Waals surface area contributed by atoms with Crippen LogP contribution >= 0.6 is 11.3 Å². The summed E-state index contributed by atoms with van der Waals surface area (Å²) in [6, 6.07) is 4.77. The monoisotopic (exact) mass is 303 g/mol. The van der Waals surface area contributed by atoms with Crippen LogP contribution in [0, 0.1) is 11.8 Å². The van der Waals surface area contributed by atoms with Gasteiger partial charge in [0, 0.05) is 18.4 Å². The molecule has 0 spiro atoms. The van der Waals surface area contributed by atoms with Gasteiger partial charge in [-0.1, -0.05) is 25.8 Å². The smallest absolute Gasteiger partial charge is 0.150 e. The topological polar surface area (TPSA) is 43.8 Å². The Morgan fingerprint density at radius 3 is 3.05 bits per heavy atom. The molecule has 114 valence electrons. The second-order valence-corrected chi connectivity index (χ2v) is 7.11. The number of nitrogens with zero attached hydrogens (tertiary/aromatic N) is 2. The minimum absolute atomic E-state index is 0.514. The van der Waals surface area contributed by atoms with Gasteiger partial charge in [0.15, 0.2) is 0 Å². The number of imidazole rings is 1. The average Bonchev–Trinajstić information content (AvgIpc) is 3.18. The molecule has 0 aliphatic heterocycles. The Labute approximate surface area is 131 Å². The van der Waals surface area contributed by atoms with Crippen LogP contribution in [0.25, 0.3) is 10.7 Å². The zero-order chi connectivity index (χ0) is 14.7. The fraction of sp³-hybridized carbons (Fsp3) is 0.588. The van der Waals surface area contributed by atoms with E-state index in [1.165, 1.54) is 37.0 Å². The highest BCUT2D eigenvalue weighted by Gasteiger charge is 2.31. The Balaban J connectivity index is 1.88. The first-order valence-electron chi connectivity index (χ1n) is 8.10. The minimum Gasteiger partial charge on any atom is -0.330 e. The zero-order valence-electron chi connectivity index (χ0n) is 12.7. The quantitative estimate of drug-likeness (QED) is 0.893. The molecule has 1 saturated carbocycles. The van der Waals surface area contributed by atoms with Crippen molar-refractivity contribution < 1.29 is 0 Å². The molecule has 21 heavy (non-hydrogen) atoms. The standard InChI is InChI=1S/C17H25N3S/c1-2-4-13-6-7-14(12-18)15(11-13)20-9-8-19-17(20)16-5-3-10-21-16/h3,5,8-10,13-15H,2,4,6-7,11-12,18H2,1H3. The highest BCUT2D eigenvalue weighted by molar-refractivity contribution is 7.13. The summed E-state index contributed by atoms with van der Waals surface area (Å²) in [7, 11) is 0. The van der Waals surface area contributed by atoms with Crippen molar-refractivity contribution in [2.75, 3.05) is 6.54 Å². The van der Waals surface area contributed by atoms with Crippen molar-refractivity contribution in [1.29, 1.82) is 0 Å². The Morgan fingerprint density at radius 2 is 2.33 bits per heavy atom. The third-order valence-corrected chi connectivity index (χ3v) is 5.70. The number of nitrogens with two attached hydrogens (primary N) is 1. The molecule has 0 saturated heterocycles.